The Labute approximate surface area is 193 Å². The van der Waals surface area contributed by atoms with Crippen LogP contribution in [0.2, 0.25) is 0 Å². The molecular weight excluding hydrogens is 443 g/mol. The van der Waals surface area contributed by atoms with Gasteiger partial charge in [-0.2, -0.15) is 0 Å². The van der Waals surface area contributed by atoms with Crippen LogP contribution in [0.3, 0.4) is 0 Å². The summed E-state index contributed by atoms with van der Waals surface area (Å²) in [7, 11) is 0. The monoisotopic (exact) mass is 462 g/mol. The van der Waals surface area contributed by atoms with Gasteiger partial charge in [0.1, 0.15) is 28.7 Å². The van der Waals surface area contributed by atoms with Crippen molar-refractivity contribution in [3.63, 3.8) is 0 Å². The van der Waals surface area contributed by atoms with Gasteiger partial charge in [0.05, 0.1) is 23.1 Å². The number of aryl methyl sites for hydroxylation is 1. The van der Waals surface area contributed by atoms with E-state index in [1.165, 1.54) is 48.5 Å². The zero-order valence-electron chi connectivity index (χ0n) is 18.3. The molecular formula is C26H19FO7. The van der Waals surface area contributed by atoms with Gasteiger partial charge in [0.2, 0.25) is 11.2 Å². The number of hydrogen-bond acceptors (Lipinski definition) is 7. The number of carbonyl (C=O) groups is 2. The van der Waals surface area contributed by atoms with Gasteiger partial charge in [-0.15, -0.1) is 0 Å². The van der Waals surface area contributed by atoms with Crippen molar-refractivity contribution in [3.8, 4) is 17.2 Å². The lowest BCUT2D eigenvalue weighted by molar-refractivity contribution is 0.0526. The zero-order chi connectivity index (χ0) is 24.2. The second kappa shape index (κ2) is 9.58. The van der Waals surface area contributed by atoms with E-state index < -0.39 is 23.2 Å². The standard InChI is InChI=1S/C26H19FO7/c1-3-31-25(29)16-8-10-17(11-9-16)33-24-15(2)32-22-14-18(12-13-20(22)23(24)28)34-26(30)19-6-4-5-7-21(19)27/h4-14H,3H2,1-2H3. The van der Waals surface area contributed by atoms with Gasteiger partial charge in [-0.1, -0.05) is 12.1 Å². The Hall–Kier alpha value is -4.46. The molecule has 0 saturated heterocycles. The SMILES string of the molecule is CCOC(=O)c1ccc(Oc2c(C)oc3cc(OC(=O)c4ccccc4F)ccc3c2=O)cc1. The first-order valence-electron chi connectivity index (χ1n) is 10.4. The molecule has 1 aromatic heterocycles. The van der Waals surface area contributed by atoms with Crippen LogP contribution in [0.4, 0.5) is 4.39 Å². The molecule has 0 aliphatic heterocycles. The smallest absolute Gasteiger partial charge is 0.346 e. The Morgan fingerprint density at radius 3 is 2.35 bits per heavy atom. The third-order valence-electron chi connectivity index (χ3n) is 4.88. The molecule has 4 rings (SSSR count). The molecule has 1 heterocycles. The predicted octanol–water partition coefficient (Wildman–Crippen LogP) is 5.43. The van der Waals surface area contributed by atoms with Gasteiger partial charge >= 0.3 is 11.9 Å². The lowest BCUT2D eigenvalue weighted by atomic mass is 10.2. The van der Waals surface area contributed by atoms with Crippen molar-refractivity contribution >= 4 is 22.9 Å². The van der Waals surface area contributed by atoms with Crippen LogP contribution in [0.1, 0.15) is 33.4 Å². The summed E-state index contributed by atoms with van der Waals surface area (Å²) in [5.74, 6) is -1.43. The van der Waals surface area contributed by atoms with E-state index in [1.807, 2.05) is 0 Å². The second-order valence-corrected chi connectivity index (χ2v) is 7.19. The first-order valence-corrected chi connectivity index (χ1v) is 10.4. The van der Waals surface area contributed by atoms with Crippen molar-refractivity contribution in [1.29, 1.82) is 0 Å². The molecule has 4 aromatic rings. The molecule has 34 heavy (non-hydrogen) atoms. The van der Waals surface area contributed by atoms with E-state index in [4.69, 9.17) is 18.6 Å². The van der Waals surface area contributed by atoms with Crippen molar-refractivity contribution in [2.45, 2.75) is 13.8 Å². The van der Waals surface area contributed by atoms with Gasteiger partial charge in [0.15, 0.2) is 0 Å². The van der Waals surface area contributed by atoms with Crippen molar-refractivity contribution in [2.75, 3.05) is 6.61 Å². The predicted molar refractivity (Wildman–Crippen MR) is 121 cm³/mol. The molecule has 0 amide bonds. The van der Waals surface area contributed by atoms with Crippen LogP contribution < -0.4 is 14.9 Å². The number of carbonyl (C=O) groups excluding carboxylic acids is 2. The normalized spacial score (nSPS) is 10.7. The van der Waals surface area contributed by atoms with Crippen LogP contribution in [-0.2, 0) is 4.74 Å². The molecule has 0 radical (unpaired) electrons. The molecule has 0 atom stereocenters. The van der Waals surface area contributed by atoms with E-state index in [-0.39, 0.29) is 40.4 Å². The van der Waals surface area contributed by atoms with E-state index in [0.29, 0.717) is 11.3 Å². The molecule has 0 fully saturated rings. The second-order valence-electron chi connectivity index (χ2n) is 7.19. The maximum Gasteiger partial charge on any atom is 0.346 e. The summed E-state index contributed by atoms with van der Waals surface area (Å²) in [6.07, 6.45) is 0. The third-order valence-corrected chi connectivity index (χ3v) is 4.88. The number of hydrogen-bond donors (Lipinski definition) is 0. The maximum atomic E-state index is 13.8. The van der Waals surface area contributed by atoms with Crippen LogP contribution in [0.15, 0.2) is 75.9 Å². The van der Waals surface area contributed by atoms with Crippen LogP contribution in [0, 0.1) is 12.7 Å². The fraction of sp³-hybridized carbons (Fsp3) is 0.115. The van der Waals surface area contributed by atoms with Crippen LogP contribution in [-0.4, -0.2) is 18.5 Å². The molecule has 0 bridgehead atoms. The van der Waals surface area contributed by atoms with Crippen molar-refractivity contribution in [1.82, 2.24) is 0 Å². The summed E-state index contributed by atoms with van der Waals surface area (Å²) in [5, 5.41) is 0.203. The minimum absolute atomic E-state index is 0.0208. The van der Waals surface area contributed by atoms with E-state index in [1.54, 1.807) is 26.0 Å². The van der Waals surface area contributed by atoms with Crippen LogP contribution in [0.5, 0.6) is 17.2 Å². The zero-order valence-corrected chi connectivity index (χ0v) is 18.3. The van der Waals surface area contributed by atoms with Gasteiger partial charge in [0, 0.05) is 6.07 Å². The largest absolute Gasteiger partial charge is 0.462 e. The Kier molecular flexibility index (Phi) is 6.40. The Balaban J connectivity index is 1.59. The Morgan fingerprint density at radius 2 is 1.65 bits per heavy atom. The molecule has 0 unspecified atom stereocenters. The lowest BCUT2D eigenvalue weighted by Gasteiger charge is -2.10. The number of fused-ring (bicyclic) bond motifs is 1. The average molecular weight is 462 g/mol. The number of rotatable bonds is 6. The topological polar surface area (TPSA) is 92.0 Å². The van der Waals surface area contributed by atoms with Crippen molar-refractivity contribution in [3.05, 3.63) is 99.7 Å². The van der Waals surface area contributed by atoms with Crippen LogP contribution in [0.25, 0.3) is 11.0 Å². The molecule has 0 saturated carbocycles. The Morgan fingerprint density at radius 1 is 0.941 bits per heavy atom. The molecule has 0 aliphatic carbocycles. The summed E-state index contributed by atoms with van der Waals surface area (Å²) < 4.78 is 35.4. The van der Waals surface area contributed by atoms with E-state index in [2.05, 4.69) is 0 Å². The number of esters is 2. The molecule has 0 spiro atoms. The van der Waals surface area contributed by atoms with Crippen molar-refractivity contribution in [2.24, 2.45) is 0 Å². The molecule has 3 aromatic carbocycles. The van der Waals surface area contributed by atoms with E-state index in [0.717, 1.165) is 6.07 Å². The maximum absolute atomic E-state index is 13.8. The number of benzene rings is 3. The fourth-order valence-corrected chi connectivity index (χ4v) is 3.23. The van der Waals surface area contributed by atoms with Gasteiger partial charge in [-0.05, 0) is 62.4 Å². The van der Waals surface area contributed by atoms with Gasteiger partial charge in [-0.3, -0.25) is 4.79 Å². The summed E-state index contributed by atoms with van der Waals surface area (Å²) in [5.41, 5.74) is -0.113. The highest BCUT2D eigenvalue weighted by Gasteiger charge is 2.17. The first-order chi connectivity index (χ1) is 16.4. The highest BCUT2D eigenvalue weighted by atomic mass is 19.1. The molecule has 172 valence electrons. The minimum atomic E-state index is -0.872. The quantitative estimate of drug-likeness (QED) is 0.279. The average Bonchev–Trinajstić information content (AvgIpc) is 2.82. The molecule has 0 aliphatic rings. The molecule has 7 nitrogen and oxygen atoms in total. The number of ether oxygens (including phenoxy) is 3. The summed E-state index contributed by atoms with van der Waals surface area (Å²) >= 11 is 0. The molecule has 8 heteroatoms. The highest BCUT2D eigenvalue weighted by Crippen LogP contribution is 2.28. The summed E-state index contributed by atoms with van der Waals surface area (Å²) in [4.78, 5) is 37.0. The fourth-order valence-electron chi connectivity index (χ4n) is 3.23. The van der Waals surface area contributed by atoms with Gasteiger partial charge < -0.3 is 18.6 Å². The number of halogens is 1. The van der Waals surface area contributed by atoms with Gasteiger partial charge in [-0.25, -0.2) is 14.0 Å². The third kappa shape index (κ3) is 4.66. The first kappa shape index (κ1) is 22.7. The van der Waals surface area contributed by atoms with E-state index in [9.17, 15) is 18.8 Å². The van der Waals surface area contributed by atoms with Crippen LogP contribution >= 0.6 is 0 Å². The van der Waals surface area contributed by atoms with Gasteiger partial charge in [0.25, 0.3) is 0 Å². The highest BCUT2D eigenvalue weighted by molar-refractivity contribution is 5.92. The van der Waals surface area contributed by atoms with E-state index >= 15 is 0 Å². The summed E-state index contributed by atoms with van der Waals surface area (Å²) in [6.45, 7) is 3.53. The minimum Gasteiger partial charge on any atom is -0.462 e. The summed E-state index contributed by atoms with van der Waals surface area (Å²) in [6, 6.07) is 15.8. The van der Waals surface area contributed by atoms with Crippen molar-refractivity contribution < 1.29 is 32.6 Å². The Bertz CT molecular complexity index is 1440. The lowest BCUT2D eigenvalue weighted by Crippen LogP contribution is -2.11. The molecule has 0 N–H and O–H groups in total.